The largest absolute Gasteiger partial charge is 0.481 e. The van der Waals surface area contributed by atoms with Gasteiger partial charge >= 0.3 is 5.97 Å². The smallest absolute Gasteiger partial charge is 0.311 e. The Morgan fingerprint density at radius 1 is 1.38 bits per heavy atom. The zero-order chi connectivity index (χ0) is 15.5. The van der Waals surface area contributed by atoms with Crippen molar-refractivity contribution >= 4 is 11.9 Å². The molecule has 5 heteroatoms. The normalized spacial score (nSPS) is 23.0. The molecular formula is C16H21NO4. The Hall–Kier alpha value is -1.88. The summed E-state index contributed by atoms with van der Waals surface area (Å²) in [6, 6.07) is 9.31. The van der Waals surface area contributed by atoms with E-state index in [9.17, 15) is 14.7 Å². The minimum atomic E-state index is -0.858. The maximum atomic E-state index is 12.7. The van der Waals surface area contributed by atoms with Crippen molar-refractivity contribution < 1.29 is 19.4 Å². The number of likely N-dealkylation sites (tertiary alicyclic amines) is 1. The molecule has 1 saturated heterocycles. The van der Waals surface area contributed by atoms with Crippen LogP contribution in [0.4, 0.5) is 0 Å². The quantitative estimate of drug-likeness (QED) is 0.902. The van der Waals surface area contributed by atoms with Crippen LogP contribution in [0.5, 0.6) is 0 Å². The molecule has 2 unspecified atom stereocenters. The highest BCUT2D eigenvalue weighted by Crippen LogP contribution is 2.32. The molecule has 0 spiro atoms. The number of hydrogen-bond acceptors (Lipinski definition) is 3. The lowest BCUT2D eigenvalue weighted by atomic mass is 9.90. The highest BCUT2D eigenvalue weighted by atomic mass is 16.5. The molecule has 0 radical (unpaired) electrons. The number of carboxylic acids is 1. The van der Waals surface area contributed by atoms with Gasteiger partial charge in [0.1, 0.15) is 0 Å². The zero-order valence-corrected chi connectivity index (χ0v) is 12.4. The molecule has 5 nitrogen and oxygen atoms in total. The summed E-state index contributed by atoms with van der Waals surface area (Å²) >= 11 is 0. The molecule has 1 amide bonds. The highest BCUT2D eigenvalue weighted by molar-refractivity contribution is 5.84. The van der Waals surface area contributed by atoms with Crippen molar-refractivity contribution in [2.45, 2.75) is 26.4 Å². The summed E-state index contributed by atoms with van der Waals surface area (Å²) in [6.45, 7) is 4.64. The summed E-state index contributed by atoms with van der Waals surface area (Å²) in [5, 5.41) is 9.26. The fourth-order valence-electron chi connectivity index (χ4n) is 2.59. The molecule has 21 heavy (non-hydrogen) atoms. The van der Waals surface area contributed by atoms with E-state index in [4.69, 9.17) is 4.74 Å². The number of hydrogen-bond donors (Lipinski definition) is 1. The number of ether oxygens (including phenoxy) is 1. The SMILES string of the molecule is CCOC(C(=O)N1CCC(C)(C(=O)O)C1)c1ccccc1. The van der Waals surface area contributed by atoms with E-state index in [1.54, 1.807) is 11.8 Å². The van der Waals surface area contributed by atoms with Crippen molar-refractivity contribution in [2.75, 3.05) is 19.7 Å². The number of carbonyl (C=O) groups is 2. The number of nitrogens with zero attached hydrogens (tertiary/aromatic N) is 1. The number of benzene rings is 1. The third kappa shape index (κ3) is 3.24. The molecule has 0 aromatic heterocycles. The second-order valence-corrected chi connectivity index (χ2v) is 5.62. The number of amides is 1. The standard InChI is InChI=1S/C16H21NO4/c1-3-21-13(12-7-5-4-6-8-12)14(18)17-10-9-16(2,11-17)15(19)20/h4-8,13H,3,9-11H2,1-2H3,(H,19,20). The molecule has 1 aliphatic heterocycles. The first-order chi connectivity index (χ1) is 9.98. The lowest BCUT2D eigenvalue weighted by Gasteiger charge is -2.25. The van der Waals surface area contributed by atoms with Crippen LogP contribution in [0.15, 0.2) is 30.3 Å². The van der Waals surface area contributed by atoms with Gasteiger partial charge in [-0.2, -0.15) is 0 Å². The predicted molar refractivity (Wildman–Crippen MR) is 77.7 cm³/mol. The number of rotatable bonds is 5. The Labute approximate surface area is 124 Å². The average Bonchev–Trinajstić information content (AvgIpc) is 2.89. The summed E-state index contributed by atoms with van der Waals surface area (Å²) in [5.41, 5.74) is -0.0587. The Morgan fingerprint density at radius 3 is 2.57 bits per heavy atom. The average molecular weight is 291 g/mol. The molecular weight excluding hydrogens is 270 g/mol. The molecule has 1 aliphatic rings. The summed E-state index contributed by atoms with van der Waals surface area (Å²) in [4.78, 5) is 25.5. The van der Waals surface area contributed by atoms with E-state index in [2.05, 4.69) is 0 Å². The van der Waals surface area contributed by atoms with Crippen molar-refractivity contribution in [1.29, 1.82) is 0 Å². The first kappa shape index (κ1) is 15.5. The Bertz CT molecular complexity index is 516. The van der Waals surface area contributed by atoms with Crippen molar-refractivity contribution in [3.8, 4) is 0 Å². The van der Waals surface area contributed by atoms with E-state index in [-0.39, 0.29) is 12.5 Å². The molecule has 2 atom stereocenters. The van der Waals surface area contributed by atoms with E-state index < -0.39 is 17.5 Å². The highest BCUT2D eigenvalue weighted by Gasteiger charge is 2.43. The molecule has 1 heterocycles. The molecule has 1 fully saturated rings. The maximum absolute atomic E-state index is 12.7. The third-order valence-electron chi connectivity index (χ3n) is 3.96. The van der Waals surface area contributed by atoms with Gasteiger partial charge in [0.25, 0.3) is 5.91 Å². The van der Waals surface area contributed by atoms with Gasteiger partial charge < -0.3 is 14.7 Å². The summed E-state index contributed by atoms with van der Waals surface area (Å²) in [7, 11) is 0. The third-order valence-corrected chi connectivity index (χ3v) is 3.96. The molecule has 0 bridgehead atoms. The van der Waals surface area contributed by atoms with E-state index in [1.165, 1.54) is 0 Å². The van der Waals surface area contributed by atoms with Crippen LogP contribution in [0.1, 0.15) is 31.9 Å². The summed E-state index contributed by atoms with van der Waals surface area (Å²) in [6.07, 6.45) is -0.186. The van der Waals surface area contributed by atoms with Gasteiger partial charge in [0.2, 0.25) is 0 Å². The fraction of sp³-hybridized carbons (Fsp3) is 0.500. The Kier molecular flexibility index (Phi) is 4.63. The van der Waals surface area contributed by atoms with Crippen LogP contribution >= 0.6 is 0 Å². The molecule has 2 rings (SSSR count). The van der Waals surface area contributed by atoms with Gasteiger partial charge in [-0.1, -0.05) is 30.3 Å². The van der Waals surface area contributed by atoms with Gasteiger partial charge in [-0.15, -0.1) is 0 Å². The Morgan fingerprint density at radius 2 is 2.05 bits per heavy atom. The van der Waals surface area contributed by atoms with Gasteiger partial charge in [-0.05, 0) is 25.8 Å². The van der Waals surface area contributed by atoms with Crippen LogP contribution in [-0.2, 0) is 14.3 Å². The predicted octanol–water partition coefficient (Wildman–Crippen LogP) is 2.09. The maximum Gasteiger partial charge on any atom is 0.311 e. The molecule has 1 aromatic rings. The number of carboxylic acid groups (broad SMARTS) is 1. The van der Waals surface area contributed by atoms with Crippen LogP contribution in [0.3, 0.4) is 0 Å². The van der Waals surface area contributed by atoms with Crippen molar-refractivity contribution in [3.63, 3.8) is 0 Å². The molecule has 0 saturated carbocycles. The first-order valence-electron chi connectivity index (χ1n) is 7.16. The van der Waals surface area contributed by atoms with Crippen LogP contribution in [0.25, 0.3) is 0 Å². The van der Waals surface area contributed by atoms with Crippen molar-refractivity contribution in [1.82, 2.24) is 4.90 Å². The van der Waals surface area contributed by atoms with E-state index >= 15 is 0 Å². The second-order valence-electron chi connectivity index (χ2n) is 5.62. The van der Waals surface area contributed by atoms with Gasteiger partial charge in [0.15, 0.2) is 6.10 Å². The number of carbonyl (C=O) groups excluding carboxylic acids is 1. The molecule has 114 valence electrons. The fourth-order valence-corrected chi connectivity index (χ4v) is 2.59. The lowest BCUT2D eigenvalue weighted by Crippen LogP contribution is -2.38. The van der Waals surface area contributed by atoms with Crippen LogP contribution < -0.4 is 0 Å². The van der Waals surface area contributed by atoms with E-state index in [0.717, 1.165) is 5.56 Å². The van der Waals surface area contributed by atoms with Crippen LogP contribution in [-0.4, -0.2) is 41.6 Å². The number of aliphatic carboxylic acids is 1. The zero-order valence-electron chi connectivity index (χ0n) is 12.4. The van der Waals surface area contributed by atoms with E-state index in [0.29, 0.717) is 19.6 Å². The minimum Gasteiger partial charge on any atom is -0.481 e. The van der Waals surface area contributed by atoms with Gasteiger partial charge in [0.05, 0.1) is 5.41 Å². The van der Waals surface area contributed by atoms with Gasteiger partial charge in [-0.3, -0.25) is 9.59 Å². The topological polar surface area (TPSA) is 66.8 Å². The molecule has 1 aromatic carbocycles. The first-order valence-corrected chi connectivity index (χ1v) is 7.16. The van der Waals surface area contributed by atoms with Gasteiger partial charge in [0, 0.05) is 19.7 Å². The minimum absolute atomic E-state index is 0.159. The van der Waals surface area contributed by atoms with Crippen LogP contribution in [0, 0.1) is 5.41 Å². The molecule has 1 N–H and O–H groups in total. The van der Waals surface area contributed by atoms with Crippen LogP contribution in [0.2, 0.25) is 0 Å². The van der Waals surface area contributed by atoms with E-state index in [1.807, 2.05) is 37.3 Å². The monoisotopic (exact) mass is 291 g/mol. The summed E-state index contributed by atoms with van der Waals surface area (Å²) < 4.78 is 5.59. The summed E-state index contributed by atoms with van der Waals surface area (Å²) in [5.74, 6) is -1.02. The van der Waals surface area contributed by atoms with Crippen molar-refractivity contribution in [2.24, 2.45) is 5.41 Å². The van der Waals surface area contributed by atoms with Gasteiger partial charge in [-0.25, -0.2) is 0 Å². The lowest BCUT2D eigenvalue weighted by molar-refractivity contribution is -0.148. The van der Waals surface area contributed by atoms with Crippen molar-refractivity contribution in [3.05, 3.63) is 35.9 Å². The second kappa shape index (κ2) is 6.26. The molecule has 0 aliphatic carbocycles. The Balaban J connectivity index is 2.15.